The molecule has 0 spiro atoms. The van der Waals surface area contributed by atoms with E-state index in [0.717, 1.165) is 20.9 Å². The number of aromatic nitrogens is 4. The highest BCUT2D eigenvalue weighted by molar-refractivity contribution is 7.91. The highest BCUT2D eigenvalue weighted by atomic mass is 32.2. The maximum atomic E-state index is 12.8. The molecule has 13 heteroatoms. The van der Waals surface area contributed by atoms with Gasteiger partial charge in [0, 0.05) is 6.20 Å². The molecule has 1 amide bonds. The van der Waals surface area contributed by atoms with Crippen molar-refractivity contribution < 1.29 is 23.2 Å². The van der Waals surface area contributed by atoms with Crippen molar-refractivity contribution in [3.05, 3.63) is 109 Å². The van der Waals surface area contributed by atoms with Crippen molar-refractivity contribution in [2.45, 2.75) is 10.8 Å². The summed E-state index contributed by atoms with van der Waals surface area (Å²) < 4.78 is 35.2. The predicted octanol–water partition coefficient (Wildman–Crippen LogP) is 4.18. The zero-order valence-electron chi connectivity index (χ0n) is 20.7. The Kier molecular flexibility index (Phi) is 8.07. The molecule has 0 unspecified atom stereocenters. The number of hydrogen-bond donors (Lipinski definition) is 3. The van der Waals surface area contributed by atoms with E-state index >= 15 is 0 Å². The molecular formula is C27H22N6O5S2. The molecule has 0 bridgehead atoms. The molecule has 3 heterocycles. The van der Waals surface area contributed by atoms with Crippen molar-refractivity contribution in [1.29, 1.82) is 0 Å². The van der Waals surface area contributed by atoms with Gasteiger partial charge in [-0.25, -0.2) is 23.3 Å². The summed E-state index contributed by atoms with van der Waals surface area (Å²) in [6, 6.07) is 24.8. The molecule has 3 aromatic heterocycles. The first kappa shape index (κ1) is 26.9. The zero-order chi connectivity index (χ0) is 28.0. The number of carbonyl (C=O) groups is 1. The van der Waals surface area contributed by atoms with E-state index in [1.165, 1.54) is 18.3 Å². The second-order valence-corrected chi connectivity index (χ2v) is 11.3. The van der Waals surface area contributed by atoms with E-state index in [2.05, 4.69) is 20.0 Å². The fourth-order valence-corrected chi connectivity index (χ4v) is 5.88. The smallest absolute Gasteiger partial charge is 0.293 e. The first-order valence-electron chi connectivity index (χ1n) is 11.8. The summed E-state index contributed by atoms with van der Waals surface area (Å²) in [5.41, 5.74) is 3.11. The molecule has 11 nitrogen and oxygen atoms in total. The van der Waals surface area contributed by atoms with Crippen molar-refractivity contribution in [3.63, 3.8) is 0 Å². The molecule has 0 aliphatic heterocycles. The number of nitrogens with zero attached hydrogens (tertiary/aromatic N) is 4. The van der Waals surface area contributed by atoms with Gasteiger partial charge in [-0.05, 0) is 60.2 Å². The summed E-state index contributed by atoms with van der Waals surface area (Å²) in [6.07, 6.45) is 4.52. The molecule has 202 valence electrons. The van der Waals surface area contributed by atoms with Gasteiger partial charge in [0.25, 0.3) is 5.91 Å². The third-order valence-electron chi connectivity index (χ3n) is 5.49. The number of thiophene rings is 1. The summed E-state index contributed by atoms with van der Waals surface area (Å²) in [6.45, 7) is -0.168. The lowest BCUT2D eigenvalue weighted by molar-refractivity contribution is -0.123. The highest BCUT2D eigenvalue weighted by Gasteiger charge is 2.19. The highest BCUT2D eigenvalue weighted by Crippen LogP contribution is 2.29. The lowest BCUT2D eigenvalue weighted by atomic mass is 10.2. The minimum absolute atomic E-state index is 0.0425. The molecule has 0 aliphatic carbocycles. The van der Waals surface area contributed by atoms with E-state index in [4.69, 9.17) is 4.74 Å². The number of nitrogens with one attached hydrogen (secondary N) is 2. The monoisotopic (exact) mass is 574 g/mol. The van der Waals surface area contributed by atoms with Crippen LogP contribution in [0.1, 0.15) is 11.3 Å². The molecule has 5 aromatic rings. The largest absolute Gasteiger partial charge is 0.457 e. The number of pyridine rings is 1. The standard InChI is InChI=1S/C27H22N6O5S2/c34-27(31-35)24(16-19-9-11-22(12-10-19)38-21-6-2-1-3-7-21)33-18-20(30-32-33)17-29-40(36,37)26-14-13-25(39-26)23-8-4-5-15-28-23/h1-16,18,29,35H,17H2,(H,31,34). The number of sulfonamides is 1. The Bertz CT molecular complexity index is 1740. The van der Waals surface area contributed by atoms with E-state index in [-0.39, 0.29) is 22.1 Å². The number of rotatable bonds is 10. The SMILES string of the molecule is O=C(NO)C(=Cc1ccc(Oc2ccccc2)cc1)n1cc(CNS(=O)(=O)c2ccc(-c3ccccn3)s2)nn1. The van der Waals surface area contributed by atoms with Gasteiger partial charge in [-0.2, -0.15) is 0 Å². The molecular weight excluding hydrogens is 552 g/mol. The minimum Gasteiger partial charge on any atom is -0.457 e. The van der Waals surface area contributed by atoms with Crippen LogP contribution in [0, 0.1) is 0 Å². The first-order chi connectivity index (χ1) is 19.4. The summed E-state index contributed by atoms with van der Waals surface area (Å²) in [7, 11) is -3.83. The number of carbonyl (C=O) groups excluding carboxylic acids is 1. The average Bonchev–Trinajstić information content (AvgIpc) is 3.68. The van der Waals surface area contributed by atoms with Crippen LogP contribution in [-0.4, -0.2) is 39.5 Å². The zero-order valence-corrected chi connectivity index (χ0v) is 22.3. The van der Waals surface area contributed by atoms with E-state index in [0.29, 0.717) is 22.8 Å². The Morgan fingerprint density at radius 3 is 2.45 bits per heavy atom. The fourth-order valence-electron chi connectivity index (χ4n) is 3.56. The first-order valence-corrected chi connectivity index (χ1v) is 14.1. The number of benzene rings is 2. The van der Waals surface area contributed by atoms with Crippen molar-refractivity contribution in [1.82, 2.24) is 30.2 Å². The van der Waals surface area contributed by atoms with Crippen molar-refractivity contribution >= 4 is 39.0 Å². The number of hydroxylamine groups is 1. The summed E-state index contributed by atoms with van der Waals surface area (Å²) >= 11 is 1.09. The Hall–Kier alpha value is -4.69. The van der Waals surface area contributed by atoms with Gasteiger partial charge in [0.2, 0.25) is 10.0 Å². The fraction of sp³-hybridized carbons (Fsp3) is 0.0370. The lowest BCUT2D eigenvalue weighted by Gasteiger charge is -2.07. The van der Waals surface area contributed by atoms with Crippen LogP contribution in [0.5, 0.6) is 11.5 Å². The third kappa shape index (κ3) is 6.47. The molecule has 0 saturated heterocycles. The Morgan fingerprint density at radius 2 is 1.73 bits per heavy atom. The molecule has 0 fully saturated rings. The Labute approximate surface area is 233 Å². The van der Waals surface area contributed by atoms with Crippen LogP contribution in [0.15, 0.2) is 102 Å². The van der Waals surface area contributed by atoms with Crippen LogP contribution in [-0.2, 0) is 21.4 Å². The quantitative estimate of drug-likeness (QED) is 0.128. The number of para-hydroxylation sites is 1. The molecule has 5 rings (SSSR count). The summed E-state index contributed by atoms with van der Waals surface area (Å²) in [4.78, 5) is 17.4. The van der Waals surface area contributed by atoms with Gasteiger partial charge in [-0.3, -0.25) is 15.0 Å². The topological polar surface area (TPSA) is 148 Å². The normalized spacial score (nSPS) is 11.8. The number of amides is 1. The second kappa shape index (κ2) is 12.0. The van der Waals surface area contributed by atoms with Gasteiger partial charge in [0.1, 0.15) is 21.4 Å². The maximum Gasteiger partial charge on any atom is 0.293 e. The van der Waals surface area contributed by atoms with Gasteiger partial charge >= 0.3 is 0 Å². The van der Waals surface area contributed by atoms with Crippen LogP contribution in [0.4, 0.5) is 0 Å². The van der Waals surface area contributed by atoms with E-state index in [9.17, 15) is 18.4 Å². The van der Waals surface area contributed by atoms with Crippen LogP contribution < -0.4 is 14.9 Å². The number of hydrogen-bond acceptors (Lipinski definition) is 9. The average molecular weight is 575 g/mol. The van der Waals surface area contributed by atoms with Gasteiger partial charge in [-0.15, -0.1) is 16.4 Å². The minimum atomic E-state index is -3.83. The third-order valence-corrected chi connectivity index (χ3v) is 8.49. The van der Waals surface area contributed by atoms with Crippen LogP contribution in [0.3, 0.4) is 0 Å². The van der Waals surface area contributed by atoms with Crippen molar-refractivity contribution in [2.24, 2.45) is 0 Å². The van der Waals surface area contributed by atoms with Gasteiger partial charge in [0.15, 0.2) is 0 Å². The predicted molar refractivity (Wildman–Crippen MR) is 149 cm³/mol. The summed E-state index contributed by atoms with van der Waals surface area (Å²) in [5.74, 6) is 0.455. The van der Waals surface area contributed by atoms with Gasteiger partial charge in [-0.1, -0.05) is 41.6 Å². The second-order valence-electron chi connectivity index (χ2n) is 8.27. The van der Waals surface area contributed by atoms with E-state index in [1.54, 1.807) is 54.1 Å². The molecule has 0 saturated carbocycles. The molecule has 0 atom stereocenters. The number of ether oxygens (including phenoxy) is 1. The summed E-state index contributed by atoms with van der Waals surface area (Å²) in [5, 5.41) is 17.2. The van der Waals surface area contributed by atoms with Crippen molar-refractivity contribution in [3.8, 4) is 22.1 Å². The van der Waals surface area contributed by atoms with E-state index in [1.807, 2.05) is 36.4 Å². The Balaban J connectivity index is 1.28. The molecule has 3 N–H and O–H groups in total. The van der Waals surface area contributed by atoms with Gasteiger partial charge in [0.05, 0.1) is 29.0 Å². The van der Waals surface area contributed by atoms with Crippen molar-refractivity contribution in [2.75, 3.05) is 0 Å². The lowest BCUT2D eigenvalue weighted by Crippen LogP contribution is -2.23. The maximum absolute atomic E-state index is 12.8. The van der Waals surface area contributed by atoms with Gasteiger partial charge < -0.3 is 4.74 Å². The molecule has 0 radical (unpaired) electrons. The van der Waals surface area contributed by atoms with Crippen LogP contribution in [0.2, 0.25) is 0 Å². The molecule has 40 heavy (non-hydrogen) atoms. The molecule has 0 aliphatic rings. The van der Waals surface area contributed by atoms with Crippen LogP contribution >= 0.6 is 11.3 Å². The Morgan fingerprint density at radius 1 is 0.975 bits per heavy atom. The molecule has 2 aromatic carbocycles. The van der Waals surface area contributed by atoms with Crippen LogP contribution in [0.25, 0.3) is 22.3 Å². The van der Waals surface area contributed by atoms with E-state index < -0.39 is 15.9 Å².